The number of benzene rings is 1. The summed E-state index contributed by atoms with van der Waals surface area (Å²) in [5.41, 5.74) is 9.44. The van der Waals surface area contributed by atoms with Crippen LogP contribution in [0.5, 0.6) is 0 Å². The number of halogens is 2. The lowest BCUT2D eigenvalue weighted by atomic mass is 10.2. The largest absolute Gasteiger partial charge is 0.399 e. The molecular formula is C9H11F2N3O2. The highest BCUT2D eigenvalue weighted by Gasteiger charge is 2.14. The van der Waals surface area contributed by atoms with Crippen molar-refractivity contribution in [3.63, 3.8) is 0 Å². The van der Waals surface area contributed by atoms with Crippen LogP contribution in [0.1, 0.15) is 0 Å². The lowest BCUT2D eigenvalue weighted by molar-refractivity contribution is -0.125. The van der Waals surface area contributed by atoms with E-state index in [-0.39, 0.29) is 12.2 Å². The molecule has 0 saturated carbocycles. The summed E-state index contributed by atoms with van der Waals surface area (Å²) in [6.45, 7) is -0.382. The molecule has 0 fully saturated rings. The number of hydrogen-bond donors (Lipinski definition) is 4. The third kappa shape index (κ3) is 2.80. The van der Waals surface area contributed by atoms with Gasteiger partial charge in [-0.2, -0.15) is 0 Å². The van der Waals surface area contributed by atoms with E-state index in [1.54, 1.807) is 0 Å². The maximum absolute atomic E-state index is 13.2. The zero-order valence-electron chi connectivity index (χ0n) is 8.21. The summed E-state index contributed by atoms with van der Waals surface area (Å²) in [5, 5.41) is 11.3. The Morgan fingerprint density at radius 1 is 1.44 bits per heavy atom. The number of primary amides is 1. The Kier molecular flexibility index (Phi) is 3.62. The topological polar surface area (TPSA) is 101 Å². The Morgan fingerprint density at radius 3 is 2.38 bits per heavy atom. The third-order valence-corrected chi connectivity index (χ3v) is 1.87. The van der Waals surface area contributed by atoms with Gasteiger partial charge in [0.1, 0.15) is 11.8 Å². The van der Waals surface area contributed by atoms with Crippen LogP contribution in [0.2, 0.25) is 0 Å². The van der Waals surface area contributed by atoms with Gasteiger partial charge in [0.25, 0.3) is 0 Å². The van der Waals surface area contributed by atoms with Crippen LogP contribution in [0.15, 0.2) is 12.1 Å². The molecule has 0 aromatic heterocycles. The van der Waals surface area contributed by atoms with Crippen molar-refractivity contribution in [3.05, 3.63) is 23.8 Å². The number of aliphatic hydroxyl groups excluding tert-OH is 1. The lowest BCUT2D eigenvalue weighted by Crippen LogP contribution is -2.34. The number of anilines is 2. The summed E-state index contributed by atoms with van der Waals surface area (Å²) in [7, 11) is 0. The van der Waals surface area contributed by atoms with E-state index in [4.69, 9.17) is 16.6 Å². The van der Waals surface area contributed by atoms with Crippen molar-refractivity contribution >= 4 is 17.3 Å². The maximum atomic E-state index is 13.2. The molecule has 6 N–H and O–H groups in total. The first kappa shape index (κ1) is 12.2. The molecule has 1 atom stereocenters. The second-order valence-electron chi connectivity index (χ2n) is 3.16. The van der Waals surface area contributed by atoms with Crippen LogP contribution in [0.3, 0.4) is 0 Å². The number of rotatable bonds is 4. The number of nitrogens with one attached hydrogen (secondary N) is 1. The van der Waals surface area contributed by atoms with E-state index in [0.29, 0.717) is 0 Å². The minimum atomic E-state index is -1.52. The van der Waals surface area contributed by atoms with E-state index in [9.17, 15) is 13.6 Å². The quantitative estimate of drug-likeness (QED) is 0.539. The Labute approximate surface area is 90.0 Å². The molecule has 1 aromatic carbocycles. The monoisotopic (exact) mass is 231 g/mol. The first-order chi connectivity index (χ1) is 7.41. The van der Waals surface area contributed by atoms with Crippen molar-refractivity contribution in [3.8, 4) is 0 Å². The van der Waals surface area contributed by atoms with Crippen molar-refractivity contribution in [2.24, 2.45) is 5.73 Å². The molecule has 0 radical (unpaired) electrons. The highest BCUT2D eigenvalue weighted by molar-refractivity contribution is 5.79. The summed E-state index contributed by atoms with van der Waals surface area (Å²) < 4.78 is 26.4. The van der Waals surface area contributed by atoms with Crippen molar-refractivity contribution in [1.82, 2.24) is 0 Å². The van der Waals surface area contributed by atoms with Gasteiger partial charge < -0.3 is 21.9 Å². The van der Waals surface area contributed by atoms with Gasteiger partial charge in [-0.25, -0.2) is 8.78 Å². The lowest BCUT2D eigenvalue weighted by Gasteiger charge is -2.11. The second kappa shape index (κ2) is 4.75. The number of aliphatic hydroxyl groups is 1. The van der Waals surface area contributed by atoms with Gasteiger partial charge in [-0.3, -0.25) is 4.79 Å². The summed E-state index contributed by atoms with van der Waals surface area (Å²) >= 11 is 0. The van der Waals surface area contributed by atoms with Crippen LogP contribution < -0.4 is 16.8 Å². The predicted octanol–water partition coefficient (Wildman–Crippen LogP) is -0.195. The highest BCUT2D eigenvalue weighted by Crippen LogP contribution is 2.21. The molecule has 0 aliphatic carbocycles. The minimum absolute atomic E-state index is 0.0593. The average molecular weight is 231 g/mol. The van der Waals surface area contributed by atoms with Crippen LogP contribution in [0.4, 0.5) is 20.2 Å². The Bertz CT molecular complexity index is 389. The summed E-state index contributed by atoms with van der Waals surface area (Å²) in [4.78, 5) is 10.5. The second-order valence-corrected chi connectivity index (χ2v) is 3.16. The first-order valence-corrected chi connectivity index (χ1v) is 4.37. The standard InChI is InChI=1S/C9H11F2N3O2/c10-5-1-4(12)2-6(11)8(5)14-3-7(15)9(13)16/h1-2,7,14-15H,3,12H2,(H2,13,16). The van der Waals surface area contributed by atoms with E-state index in [2.05, 4.69) is 5.32 Å². The third-order valence-electron chi connectivity index (χ3n) is 1.87. The van der Waals surface area contributed by atoms with Gasteiger partial charge in [0, 0.05) is 5.69 Å². The highest BCUT2D eigenvalue weighted by atomic mass is 19.1. The zero-order chi connectivity index (χ0) is 12.3. The number of nitrogen functional groups attached to an aromatic ring is 1. The number of nitrogens with two attached hydrogens (primary N) is 2. The summed E-state index contributed by atoms with van der Waals surface area (Å²) in [6.07, 6.45) is -1.52. The van der Waals surface area contributed by atoms with Crippen molar-refractivity contribution in [2.45, 2.75) is 6.10 Å². The number of carbonyl (C=O) groups excluding carboxylic acids is 1. The molecule has 16 heavy (non-hydrogen) atoms. The molecule has 0 heterocycles. The molecule has 5 nitrogen and oxygen atoms in total. The molecule has 7 heteroatoms. The van der Waals surface area contributed by atoms with E-state index < -0.39 is 29.3 Å². The van der Waals surface area contributed by atoms with E-state index in [1.165, 1.54) is 0 Å². The fourth-order valence-electron chi connectivity index (χ4n) is 1.06. The maximum Gasteiger partial charge on any atom is 0.248 e. The fraction of sp³-hybridized carbons (Fsp3) is 0.222. The van der Waals surface area contributed by atoms with Crippen LogP contribution in [0.25, 0.3) is 0 Å². The average Bonchev–Trinajstić information content (AvgIpc) is 2.15. The van der Waals surface area contributed by atoms with Gasteiger partial charge in [0.15, 0.2) is 11.6 Å². The van der Waals surface area contributed by atoms with E-state index >= 15 is 0 Å². The molecule has 88 valence electrons. The van der Waals surface area contributed by atoms with Gasteiger partial charge >= 0.3 is 0 Å². The molecular weight excluding hydrogens is 220 g/mol. The van der Waals surface area contributed by atoms with Gasteiger partial charge in [-0.15, -0.1) is 0 Å². The van der Waals surface area contributed by atoms with Gasteiger partial charge in [0.05, 0.1) is 6.54 Å². The minimum Gasteiger partial charge on any atom is -0.399 e. The summed E-state index contributed by atoms with van der Waals surface area (Å²) in [6, 6.07) is 1.84. The van der Waals surface area contributed by atoms with Crippen LogP contribution in [0, 0.1) is 11.6 Å². The summed E-state index contributed by atoms with van der Waals surface area (Å²) in [5.74, 6) is -2.80. The Morgan fingerprint density at radius 2 is 1.94 bits per heavy atom. The Balaban J connectivity index is 2.78. The van der Waals surface area contributed by atoms with Crippen LogP contribution >= 0.6 is 0 Å². The van der Waals surface area contributed by atoms with Gasteiger partial charge in [0.2, 0.25) is 5.91 Å². The fourth-order valence-corrected chi connectivity index (χ4v) is 1.06. The molecule has 1 unspecified atom stereocenters. The normalized spacial score (nSPS) is 12.2. The zero-order valence-corrected chi connectivity index (χ0v) is 8.21. The van der Waals surface area contributed by atoms with Crippen LogP contribution in [-0.4, -0.2) is 23.7 Å². The number of carbonyl (C=O) groups is 1. The molecule has 1 rings (SSSR count). The van der Waals surface area contributed by atoms with Gasteiger partial charge in [-0.1, -0.05) is 0 Å². The molecule has 0 bridgehead atoms. The Hall–Kier alpha value is -1.89. The van der Waals surface area contributed by atoms with Crippen molar-refractivity contribution in [2.75, 3.05) is 17.6 Å². The van der Waals surface area contributed by atoms with Crippen molar-refractivity contribution in [1.29, 1.82) is 0 Å². The SMILES string of the molecule is NC(=O)C(O)CNc1c(F)cc(N)cc1F. The van der Waals surface area contributed by atoms with Crippen molar-refractivity contribution < 1.29 is 18.7 Å². The number of amides is 1. The molecule has 1 amide bonds. The predicted molar refractivity (Wildman–Crippen MR) is 54.5 cm³/mol. The molecule has 1 aromatic rings. The molecule has 0 aliphatic heterocycles. The van der Waals surface area contributed by atoms with E-state index in [0.717, 1.165) is 12.1 Å². The smallest absolute Gasteiger partial charge is 0.248 e. The molecule has 0 aliphatic rings. The molecule has 0 spiro atoms. The number of hydrogen-bond acceptors (Lipinski definition) is 4. The van der Waals surface area contributed by atoms with E-state index in [1.807, 2.05) is 0 Å². The van der Waals surface area contributed by atoms with Crippen LogP contribution in [-0.2, 0) is 4.79 Å². The molecule has 0 saturated heterocycles. The first-order valence-electron chi connectivity index (χ1n) is 4.37. The van der Waals surface area contributed by atoms with Gasteiger partial charge in [-0.05, 0) is 12.1 Å².